The van der Waals surface area contributed by atoms with Crippen LogP contribution < -0.4 is 11.1 Å². The highest BCUT2D eigenvalue weighted by Gasteiger charge is 2.14. The molecule has 0 unspecified atom stereocenters. The van der Waals surface area contributed by atoms with Crippen LogP contribution in [0.3, 0.4) is 0 Å². The summed E-state index contributed by atoms with van der Waals surface area (Å²) in [5.74, 6) is -0.233. The number of nitrogen functional groups attached to an aromatic ring is 1. The van der Waals surface area contributed by atoms with Crippen LogP contribution in [0.1, 0.15) is 10.4 Å². The molecule has 0 fully saturated rings. The first-order valence-electron chi connectivity index (χ1n) is 5.88. The van der Waals surface area contributed by atoms with Crippen molar-refractivity contribution in [1.29, 1.82) is 0 Å². The number of furan rings is 1. The van der Waals surface area contributed by atoms with Gasteiger partial charge in [0.15, 0.2) is 0 Å². The Labute approximate surface area is 109 Å². The molecule has 19 heavy (non-hydrogen) atoms. The van der Waals surface area contributed by atoms with Crippen molar-refractivity contribution in [2.24, 2.45) is 0 Å². The van der Waals surface area contributed by atoms with Crippen LogP contribution in [0, 0.1) is 0 Å². The Morgan fingerprint density at radius 2 is 1.79 bits per heavy atom. The van der Waals surface area contributed by atoms with E-state index in [2.05, 4.69) is 5.32 Å². The average Bonchev–Trinajstić information content (AvgIpc) is 2.85. The van der Waals surface area contributed by atoms with Crippen molar-refractivity contribution < 1.29 is 9.21 Å². The molecule has 0 aliphatic rings. The Morgan fingerprint density at radius 3 is 2.63 bits per heavy atom. The molecule has 3 aromatic rings. The molecule has 0 saturated heterocycles. The van der Waals surface area contributed by atoms with Gasteiger partial charge in [0.2, 0.25) is 0 Å². The standard InChI is InChI=1S/C15H12N2O2/c16-12-6-2-3-7-13(12)17-15(18)11-9-19-14-8-4-1-5-10(11)14/h1-9H,16H2,(H,17,18). The lowest BCUT2D eigenvalue weighted by Gasteiger charge is -2.06. The molecule has 1 amide bonds. The van der Waals surface area contributed by atoms with Crippen molar-refractivity contribution in [3.63, 3.8) is 0 Å². The molecule has 0 bridgehead atoms. The van der Waals surface area contributed by atoms with E-state index in [1.807, 2.05) is 36.4 Å². The van der Waals surface area contributed by atoms with Gasteiger partial charge in [-0.1, -0.05) is 30.3 Å². The first-order valence-corrected chi connectivity index (χ1v) is 5.88. The summed E-state index contributed by atoms with van der Waals surface area (Å²) < 4.78 is 5.35. The van der Waals surface area contributed by atoms with E-state index in [0.717, 1.165) is 5.39 Å². The molecule has 4 heteroatoms. The minimum absolute atomic E-state index is 0.233. The summed E-state index contributed by atoms with van der Waals surface area (Å²) in [7, 11) is 0. The van der Waals surface area contributed by atoms with Crippen LogP contribution in [0.4, 0.5) is 11.4 Å². The highest BCUT2D eigenvalue weighted by atomic mass is 16.3. The van der Waals surface area contributed by atoms with Gasteiger partial charge in [0.1, 0.15) is 11.8 Å². The number of fused-ring (bicyclic) bond motifs is 1. The molecule has 0 aliphatic carbocycles. The lowest BCUT2D eigenvalue weighted by atomic mass is 10.1. The molecule has 3 rings (SSSR count). The number of anilines is 2. The maximum Gasteiger partial charge on any atom is 0.259 e. The fourth-order valence-corrected chi connectivity index (χ4v) is 1.95. The monoisotopic (exact) mass is 252 g/mol. The van der Waals surface area contributed by atoms with Crippen LogP contribution >= 0.6 is 0 Å². The zero-order valence-electron chi connectivity index (χ0n) is 10.1. The Kier molecular flexibility index (Phi) is 2.68. The summed E-state index contributed by atoms with van der Waals surface area (Å²) >= 11 is 0. The van der Waals surface area contributed by atoms with Gasteiger partial charge in [0, 0.05) is 5.39 Å². The zero-order valence-corrected chi connectivity index (χ0v) is 10.1. The Balaban J connectivity index is 1.95. The van der Waals surface area contributed by atoms with Crippen molar-refractivity contribution in [1.82, 2.24) is 0 Å². The zero-order chi connectivity index (χ0) is 13.2. The molecule has 0 spiro atoms. The third-order valence-corrected chi connectivity index (χ3v) is 2.93. The van der Waals surface area contributed by atoms with Gasteiger partial charge >= 0.3 is 0 Å². The lowest BCUT2D eigenvalue weighted by molar-refractivity contribution is 0.102. The third kappa shape index (κ3) is 2.04. The summed E-state index contributed by atoms with van der Waals surface area (Å²) in [4.78, 5) is 12.2. The van der Waals surface area contributed by atoms with Crippen LogP contribution in [0.5, 0.6) is 0 Å². The van der Waals surface area contributed by atoms with Gasteiger partial charge in [-0.25, -0.2) is 0 Å². The predicted octanol–water partition coefficient (Wildman–Crippen LogP) is 3.27. The van der Waals surface area contributed by atoms with Gasteiger partial charge in [-0.15, -0.1) is 0 Å². The van der Waals surface area contributed by atoms with Gasteiger partial charge in [-0.05, 0) is 18.2 Å². The van der Waals surface area contributed by atoms with Crippen LogP contribution in [0.15, 0.2) is 59.2 Å². The SMILES string of the molecule is Nc1ccccc1NC(=O)c1coc2ccccc12. The van der Waals surface area contributed by atoms with Crippen LogP contribution in [0.25, 0.3) is 11.0 Å². The molecule has 2 aromatic carbocycles. The quantitative estimate of drug-likeness (QED) is 0.688. The number of rotatable bonds is 2. The number of carbonyl (C=O) groups excluding carboxylic acids is 1. The molecule has 0 aliphatic heterocycles. The van der Waals surface area contributed by atoms with E-state index in [-0.39, 0.29) is 5.91 Å². The van der Waals surface area contributed by atoms with Gasteiger partial charge in [-0.2, -0.15) is 0 Å². The summed E-state index contributed by atoms with van der Waals surface area (Å²) in [6.45, 7) is 0. The summed E-state index contributed by atoms with van der Waals surface area (Å²) in [6.07, 6.45) is 1.46. The average molecular weight is 252 g/mol. The fraction of sp³-hybridized carbons (Fsp3) is 0. The fourth-order valence-electron chi connectivity index (χ4n) is 1.95. The highest BCUT2D eigenvalue weighted by molar-refractivity contribution is 6.13. The first-order chi connectivity index (χ1) is 9.25. The minimum Gasteiger partial charge on any atom is -0.463 e. The second kappa shape index (κ2) is 4.49. The molecule has 1 aromatic heterocycles. The van der Waals surface area contributed by atoms with Crippen LogP contribution in [-0.4, -0.2) is 5.91 Å². The van der Waals surface area contributed by atoms with E-state index in [0.29, 0.717) is 22.5 Å². The maximum absolute atomic E-state index is 12.2. The Hall–Kier alpha value is -2.75. The first kappa shape index (κ1) is 11.3. The Bertz CT molecular complexity index is 746. The van der Waals surface area contributed by atoms with E-state index in [1.165, 1.54) is 6.26 Å². The minimum atomic E-state index is -0.233. The number of para-hydroxylation sites is 3. The van der Waals surface area contributed by atoms with E-state index >= 15 is 0 Å². The highest BCUT2D eigenvalue weighted by Crippen LogP contribution is 2.23. The largest absolute Gasteiger partial charge is 0.463 e. The van der Waals surface area contributed by atoms with Crippen molar-refractivity contribution >= 4 is 28.3 Å². The van der Waals surface area contributed by atoms with Gasteiger partial charge in [-0.3, -0.25) is 4.79 Å². The summed E-state index contributed by atoms with van der Waals surface area (Å²) in [6, 6.07) is 14.5. The number of nitrogens with one attached hydrogen (secondary N) is 1. The van der Waals surface area contributed by atoms with Gasteiger partial charge < -0.3 is 15.5 Å². The number of benzene rings is 2. The molecule has 0 radical (unpaired) electrons. The molecule has 0 saturated carbocycles. The number of carbonyl (C=O) groups is 1. The Morgan fingerprint density at radius 1 is 1.05 bits per heavy atom. The number of hydrogen-bond donors (Lipinski definition) is 2. The van der Waals surface area contributed by atoms with Crippen LogP contribution in [-0.2, 0) is 0 Å². The molecule has 0 atom stereocenters. The topological polar surface area (TPSA) is 68.3 Å². The number of nitrogens with two attached hydrogens (primary N) is 1. The molecule has 4 nitrogen and oxygen atoms in total. The summed E-state index contributed by atoms with van der Waals surface area (Å²) in [5.41, 5.74) is 8.11. The number of amides is 1. The van der Waals surface area contributed by atoms with E-state index in [9.17, 15) is 4.79 Å². The van der Waals surface area contributed by atoms with Crippen molar-refractivity contribution in [2.45, 2.75) is 0 Å². The smallest absolute Gasteiger partial charge is 0.259 e. The van der Waals surface area contributed by atoms with E-state index in [1.54, 1.807) is 12.1 Å². The van der Waals surface area contributed by atoms with Gasteiger partial charge in [0.05, 0.1) is 16.9 Å². The van der Waals surface area contributed by atoms with Crippen molar-refractivity contribution in [3.05, 3.63) is 60.4 Å². The third-order valence-electron chi connectivity index (χ3n) is 2.93. The van der Waals surface area contributed by atoms with Crippen molar-refractivity contribution in [3.8, 4) is 0 Å². The molecular weight excluding hydrogens is 240 g/mol. The van der Waals surface area contributed by atoms with E-state index < -0.39 is 0 Å². The maximum atomic E-state index is 12.2. The van der Waals surface area contributed by atoms with Crippen molar-refractivity contribution in [2.75, 3.05) is 11.1 Å². The van der Waals surface area contributed by atoms with Gasteiger partial charge in [0.25, 0.3) is 5.91 Å². The van der Waals surface area contributed by atoms with Crippen LogP contribution in [0.2, 0.25) is 0 Å². The molecule has 3 N–H and O–H groups in total. The second-order valence-electron chi connectivity index (χ2n) is 4.19. The van der Waals surface area contributed by atoms with E-state index in [4.69, 9.17) is 10.2 Å². The summed E-state index contributed by atoms with van der Waals surface area (Å²) in [5, 5.41) is 3.57. The lowest BCUT2D eigenvalue weighted by Crippen LogP contribution is -2.12. The normalized spacial score (nSPS) is 10.5. The number of hydrogen-bond acceptors (Lipinski definition) is 3. The molecular formula is C15H12N2O2. The molecule has 1 heterocycles. The predicted molar refractivity (Wildman–Crippen MR) is 75.0 cm³/mol. The second-order valence-corrected chi connectivity index (χ2v) is 4.19. The molecule has 94 valence electrons.